The summed E-state index contributed by atoms with van der Waals surface area (Å²) in [6.07, 6.45) is 3.19. The monoisotopic (exact) mass is 165 g/mol. The molecule has 0 saturated carbocycles. The van der Waals surface area contributed by atoms with Crippen molar-refractivity contribution < 1.29 is 4.79 Å². The number of hydrogen-bond acceptors (Lipinski definition) is 3. The Morgan fingerprint density at radius 1 is 1.42 bits per heavy atom. The van der Waals surface area contributed by atoms with Gasteiger partial charge in [0, 0.05) is 26.5 Å². The molecule has 64 valence electrons. The van der Waals surface area contributed by atoms with E-state index in [4.69, 9.17) is 0 Å². The Morgan fingerprint density at radius 3 is 2.75 bits per heavy atom. The zero-order valence-corrected chi connectivity index (χ0v) is 7.09. The van der Waals surface area contributed by atoms with Crippen molar-refractivity contribution in [3.63, 3.8) is 0 Å². The van der Waals surface area contributed by atoms with E-state index in [1.165, 1.54) is 6.20 Å². The van der Waals surface area contributed by atoms with Crippen molar-refractivity contribution >= 4 is 11.6 Å². The van der Waals surface area contributed by atoms with E-state index in [9.17, 15) is 4.79 Å². The van der Waals surface area contributed by atoms with Crippen LogP contribution in [0, 0.1) is 0 Å². The first kappa shape index (κ1) is 8.52. The van der Waals surface area contributed by atoms with Crippen molar-refractivity contribution in [1.82, 2.24) is 10.3 Å². The summed E-state index contributed by atoms with van der Waals surface area (Å²) in [7, 11) is 3.37. The van der Waals surface area contributed by atoms with Crippen LogP contribution >= 0.6 is 0 Å². The summed E-state index contributed by atoms with van der Waals surface area (Å²) in [6.45, 7) is 0. The Morgan fingerprint density at radius 2 is 2.17 bits per heavy atom. The summed E-state index contributed by atoms with van der Waals surface area (Å²) < 4.78 is 0. The number of anilines is 1. The molecule has 0 aromatic carbocycles. The van der Waals surface area contributed by atoms with Gasteiger partial charge in [-0.1, -0.05) is 0 Å². The van der Waals surface area contributed by atoms with Gasteiger partial charge < -0.3 is 10.6 Å². The minimum atomic E-state index is -0.125. The quantitative estimate of drug-likeness (QED) is 0.670. The molecule has 0 unspecified atom stereocenters. The van der Waals surface area contributed by atoms with Gasteiger partial charge in [0.25, 0.3) is 5.91 Å². The normalized spacial score (nSPS) is 9.17. The van der Waals surface area contributed by atoms with Gasteiger partial charge in [0.1, 0.15) is 0 Å². The molecule has 0 aliphatic carbocycles. The lowest BCUT2D eigenvalue weighted by Crippen LogP contribution is -2.18. The zero-order chi connectivity index (χ0) is 8.97. The number of pyridine rings is 1. The van der Waals surface area contributed by atoms with Crippen molar-refractivity contribution in [2.75, 3.05) is 19.4 Å². The maximum atomic E-state index is 11.1. The lowest BCUT2D eigenvalue weighted by Gasteiger charge is -2.01. The second-order valence-corrected chi connectivity index (χ2v) is 2.29. The largest absolute Gasteiger partial charge is 0.387 e. The van der Waals surface area contributed by atoms with Gasteiger partial charge in [0.2, 0.25) is 0 Å². The number of nitrogens with one attached hydrogen (secondary N) is 2. The molecule has 1 aromatic heterocycles. The highest BCUT2D eigenvalue weighted by Crippen LogP contribution is 2.06. The Hall–Kier alpha value is -1.58. The number of nitrogens with zero attached hydrogens (tertiary/aromatic N) is 1. The van der Waals surface area contributed by atoms with Crippen molar-refractivity contribution in [2.24, 2.45) is 0 Å². The molecule has 0 radical (unpaired) electrons. The van der Waals surface area contributed by atoms with E-state index in [0.717, 1.165) is 5.69 Å². The molecule has 1 heterocycles. The number of carbonyl (C=O) groups excluding carboxylic acids is 1. The number of carbonyl (C=O) groups is 1. The number of hydrogen-bond donors (Lipinski definition) is 2. The van der Waals surface area contributed by atoms with E-state index < -0.39 is 0 Å². The van der Waals surface area contributed by atoms with Crippen LogP contribution in [0.3, 0.4) is 0 Å². The summed E-state index contributed by atoms with van der Waals surface area (Å²) in [5.74, 6) is -0.125. The molecule has 0 atom stereocenters. The van der Waals surface area contributed by atoms with Crippen molar-refractivity contribution in [2.45, 2.75) is 0 Å². The van der Waals surface area contributed by atoms with Crippen LogP contribution < -0.4 is 10.6 Å². The van der Waals surface area contributed by atoms with E-state index >= 15 is 0 Å². The van der Waals surface area contributed by atoms with Crippen LogP contribution in [0.1, 0.15) is 10.4 Å². The van der Waals surface area contributed by atoms with Gasteiger partial charge in [-0.2, -0.15) is 0 Å². The maximum Gasteiger partial charge on any atom is 0.252 e. The molecule has 2 N–H and O–H groups in total. The van der Waals surface area contributed by atoms with Gasteiger partial charge in [-0.15, -0.1) is 0 Å². The van der Waals surface area contributed by atoms with Gasteiger partial charge in [0.15, 0.2) is 0 Å². The van der Waals surface area contributed by atoms with Gasteiger partial charge in [-0.3, -0.25) is 9.78 Å². The predicted octanol–water partition coefficient (Wildman–Crippen LogP) is 0.483. The Kier molecular flexibility index (Phi) is 2.63. The molecule has 1 aromatic rings. The van der Waals surface area contributed by atoms with Gasteiger partial charge in [-0.05, 0) is 6.07 Å². The second kappa shape index (κ2) is 3.71. The summed E-state index contributed by atoms with van der Waals surface area (Å²) >= 11 is 0. The number of rotatable bonds is 2. The molecule has 0 aliphatic rings. The molecule has 0 aliphatic heterocycles. The fourth-order valence-corrected chi connectivity index (χ4v) is 0.845. The van der Waals surface area contributed by atoms with Gasteiger partial charge in [0.05, 0.1) is 11.3 Å². The minimum Gasteiger partial charge on any atom is -0.387 e. The van der Waals surface area contributed by atoms with E-state index in [2.05, 4.69) is 15.6 Å². The molecule has 0 fully saturated rings. The fraction of sp³-hybridized carbons (Fsp3) is 0.250. The standard InChI is InChI=1S/C8H11N3O/c1-9-7-3-6(4-11-5-7)8(12)10-2/h3-5,9H,1-2H3,(H,10,12). The van der Waals surface area contributed by atoms with Crippen LogP contribution in [0.15, 0.2) is 18.5 Å². The SMILES string of the molecule is CNC(=O)c1cncc(NC)c1. The molecule has 4 nitrogen and oxygen atoms in total. The third-order valence-electron chi connectivity index (χ3n) is 1.52. The van der Waals surface area contributed by atoms with Crippen LogP contribution in [0.4, 0.5) is 5.69 Å². The molecular weight excluding hydrogens is 154 g/mol. The van der Waals surface area contributed by atoms with Gasteiger partial charge in [-0.25, -0.2) is 0 Å². The molecular formula is C8H11N3O. The highest BCUT2D eigenvalue weighted by molar-refractivity contribution is 5.94. The summed E-state index contributed by atoms with van der Waals surface area (Å²) in [5.41, 5.74) is 1.39. The Bertz CT molecular complexity index is 285. The average molecular weight is 165 g/mol. The Balaban J connectivity index is 2.93. The molecule has 0 saturated heterocycles. The summed E-state index contributed by atoms with van der Waals surface area (Å²) in [5, 5.41) is 5.43. The zero-order valence-electron chi connectivity index (χ0n) is 7.09. The van der Waals surface area contributed by atoms with Crippen molar-refractivity contribution in [3.8, 4) is 0 Å². The lowest BCUT2D eigenvalue weighted by atomic mass is 10.2. The topological polar surface area (TPSA) is 54.0 Å². The first-order chi connectivity index (χ1) is 5.77. The van der Waals surface area contributed by atoms with Crippen LogP contribution in [0.2, 0.25) is 0 Å². The van der Waals surface area contributed by atoms with Crippen LogP contribution in [-0.4, -0.2) is 25.0 Å². The van der Waals surface area contributed by atoms with E-state index in [-0.39, 0.29) is 5.91 Å². The lowest BCUT2D eigenvalue weighted by molar-refractivity contribution is 0.0963. The third kappa shape index (κ3) is 1.72. The van der Waals surface area contributed by atoms with Crippen LogP contribution in [-0.2, 0) is 0 Å². The Labute approximate surface area is 71.0 Å². The molecule has 12 heavy (non-hydrogen) atoms. The second-order valence-electron chi connectivity index (χ2n) is 2.29. The molecule has 1 amide bonds. The number of aromatic nitrogens is 1. The fourth-order valence-electron chi connectivity index (χ4n) is 0.845. The highest BCUT2D eigenvalue weighted by atomic mass is 16.1. The van der Waals surface area contributed by atoms with E-state index in [1.807, 2.05) is 0 Å². The molecule has 0 spiro atoms. The minimum absolute atomic E-state index is 0.125. The summed E-state index contributed by atoms with van der Waals surface area (Å²) in [6, 6.07) is 1.74. The molecule has 4 heteroatoms. The third-order valence-corrected chi connectivity index (χ3v) is 1.52. The number of amides is 1. The molecule has 0 bridgehead atoms. The first-order valence-corrected chi connectivity index (χ1v) is 3.63. The van der Waals surface area contributed by atoms with Crippen LogP contribution in [0.5, 0.6) is 0 Å². The smallest absolute Gasteiger partial charge is 0.252 e. The maximum absolute atomic E-state index is 11.1. The summed E-state index contributed by atoms with van der Waals surface area (Å²) in [4.78, 5) is 15.0. The van der Waals surface area contributed by atoms with Crippen LogP contribution in [0.25, 0.3) is 0 Å². The van der Waals surface area contributed by atoms with E-state index in [1.54, 1.807) is 26.4 Å². The first-order valence-electron chi connectivity index (χ1n) is 3.63. The van der Waals surface area contributed by atoms with Crippen molar-refractivity contribution in [1.29, 1.82) is 0 Å². The predicted molar refractivity (Wildman–Crippen MR) is 47.2 cm³/mol. The highest BCUT2D eigenvalue weighted by Gasteiger charge is 2.02. The van der Waals surface area contributed by atoms with E-state index in [0.29, 0.717) is 5.56 Å². The van der Waals surface area contributed by atoms with Crippen molar-refractivity contribution in [3.05, 3.63) is 24.0 Å². The average Bonchev–Trinajstić information content (AvgIpc) is 2.17. The molecule has 1 rings (SSSR count). The van der Waals surface area contributed by atoms with Gasteiger partial charge >= 0.3 is 0 Å².